The Hall–Kier alpha value is -1.94. The maximum Gasteiger partial charge on any atom is 0.472 e. The zero-order chi connectivity index (χ0) is 65.2. The summed E-state index contributed by atoms with van der Waals surface area (Å²) < 4.78 is 68.1. The molecule has 0 aromatic heterocycles. The van der Waals surface area contributed by atoms with Crippen LogP contribution in [0.3, 0.4) is 0 Å². The maximum atomic E-state index is 13.0. The summed E-state index contributed by atoms with van der Waals surface area (Å²) in [5, 5.41) is 10.6. The van der Waals surface area contributed by atoms with Crippen LogP contribution in [0.15, 0.2) is 0 Å². The van der Waals surface area contributed by atoms with E-state index in [1.807, 2.05) is 0 Å². The van der Waals surface area contributed by atoms with Crippen molar-refractivity contribution in [2.75, 3.05) is 39.6 Å². The molecule has 0 aromatic carbocycles. The molecule has 17 nitrogen and oxygen atoms in total. The minimum Gasteiger partial charge on any atom is -0.462 e. The van der Waals surface area contributed by atoms with Crippen LogP contribution < -0.4 is 0 Å². The molecule has 0 amide bonds. The second-order valence-electron chi connectivity index (χ2n) is 26.1. The number of hydrogen-bond acceptors (Lipinski definition) is 15. The van der Waals surface area contributed by atoms with Gasteiger partial charge in [0.15, 0.2) is 12.2 Å². The van der Waals surface area contributed by atoms with Gasteiger partial charge in [0.2, 0.25) is 0 Å². The topological polar surface area (TPSA) is 237 Å². The summed E-state index contributed by atoms with van der Waals surface area (Å²) in [4.78, 5) is 72.4. The standard InChI is InChI=1S/C69H134O17P2/c1-8-10-11-12-26-36-43-50-66(71)79-56-64(86-69(74)53-46-39-32-25-24-29-35-42-49-62(7)9-2)58-83-87(75,76)81-54-63(70)55-82-88(77,78)84-59-65(57-80-67(72)51-44-37-30-23-19-21-28-34-41-48-61(5)6)85-68(73)52-45-38-31-22-18-16-14-13-15-17-20-27-33-40-47-60(3)4/h60-65,70H,8-59H2,1-7H3,(H,75,76)(H,77,78)/t62?,63-,64+,65+/m0/s1. The molecule has 0 spiro atoms. The molecule has 0 aliphatic heterocycles. The first-order valence-corrected chi connectivity index (χ1v) is 38.9. The summed E-state index contributed by atoms with van der Waals surface area (Å²) in [5.41, 5.74) is 0. The molecule has 88 heavy (non-hydrogen) atoms. The lowest BCUT2D eigenvalue weighted by Gasteiger charge is -2.21. The Kier molecular flexibility index (Phi) is 58.7. The molecule has 0 fully saturated rings. The Morgan fingerprint density at radius 2 is 0.580 bits per heavy atom. The van der Waals surface area contributed by atoms with Crippen molar-refractivity contribution in [3.8, 4) is 0 Å². The van der Waals surface area contributed by atoms with E-state index >= 15 is 0 Å². The molecule has 0 bridgehead atoms. The van der Waals surface area contributed by atoms with Crippen LogP contribution in [0, 0.1) is 17.8 Å². The van der Waals surface area contributed by atoms with Crippen molar-refractivity contribution in [1.29, 1.82) is 0 Å². The fraction of sp³-hybridized carbons (Fsp3) is 0.942. The van der Waals surface area contributed by atoms with E-state index < -0.39 is 97.5 Å². The van der Waals surface area contributed by atoms with Crippen molar-refractivity contribution in [1.82, 2.24) is 0 Å². The molecule has 0 radical (unpaired) electrons. The summed E-state index contributed by atoms with van der Waals surface area (Å²) in [6, 6.07) is 0. The first-order valence-electron chi connectivity index (χ1n) is 35.9. The van der Waals surface area contributed by atoms with Crippen LogP contribution in [-0.2, 0) is 65.4 Å². The molecule has 0 heterocycles. The zero-order valence-corrected chi connectivity index (χ0v) is 59.0. The van der Waals surface area contributed by atoms with E-state index in [0.717, 1.165) is 120 Å². The second kappa shape index (κ2) is 60.0. The molecule has 522 valence electrons. The highest BCUT2D eigenvalue weighted by Crippen LogP contribution is 2.45. The fourth-order valence-corrected chi connectivity index (χ4v) is 11.9. The number of phosphoric ester groups is 2. The van der Waals surface area contributed by atoms with Crippen molar-refractivity contribution >= 4 is 39.5 Å². The molecule has 0 saturated heterocycles. The van der Waals surface area contributed by atoms with Crippen LogP contribution in [0.1, 0.15) is 344 Å². The van der Waals surface area contributed by atoms with Gasteiger partial charge in [0.1, 0.15) is 19.3 Å². The van der Waals surface area contributed by atoms with Gasteiger partial charge in [-0.25, -0.2) is 9.13 Å². The molecule has 0 saturated carbocycles. The Balaban J connectivity index is 5.21. The molecule has 19 heteroatoms. The first-order chi connectivity index (χ1) is 42.3. The number of aliphatic hydroxyl groups is 1. The van der Waals surface area contributed by atoms with Gasteiger partial charge < -0.3 is 33.8 Å². The van der Waals surface area contributed by atoms with E-state index in [9.17, 15) is 43.2 Å². The third kappa shape index (κ3) is 61.6. The lowest BCUT2D eigenvalue weighted by molar-refractivity contribution is -0.161. The minimum absolute atomic E-state index is 0.104. The van der Waals surface area contributed by atoms with Gasteiger partial charge in [0.25, 0.3) is 0 Å². The van der Waals surface area contributed by atoms with Crippen molar-refractivity contribution in [3.05, 3.63) is 0 Å². The van der Waals surface area contributed by atoms with Crippen molar-refractivity contribution < 1.29 is 80.2 Å². The summed E-state index contributed by atoms with van der Waals surface area (Å²) in [6.45, 7) is 11.8. The number of esters is 4. The smallest absolute Gasteiger partial charge is 0.462 e. The molecule has 0 rings (SSSR count). The van der Waals surface area contributed by atoms with E-state index in [2.05, 4.69) is 48.5 Å². The first kappa shape index (κ1) is 86.1. The molecule has 3 unspecified atom stereocenters. The summed E-state index contributed by atoms with van der Waals surface area (Å²) in [7, 11) is -9.89. The molecule has 6 atom stereocenters. The third-order valence-corrected chi connectivity index (χ3v) is 18.1. The quantitative estimate of drug-likeness (QED) is 0.0222. The van der Waals surface area contributed by atoms with Gasteiger partial charge in [-0.05, 0) is 43.4 Å². The molecule has 0 aliphatic rings. The van der Waals surface area contributed by atoms with E-state index in [1.54, 1.807) is 0 Å². The Morgan fingerprint density at radius 3 is 0.864 bits per heavy atom. The zero-order valence-electron chi connectivity index (χ0n) is 57.2. The van der Waals surface area contributed by atoms with E-state index in [0.29, 0.717) is 25.7 Å². The minimum atomic E-state index is -4.95. The number of aliphatic hydroxyl groups excluding tert-OH is 1. The predicted molar refractivity (Wildman–Crippen MR) is 354 cm³/mol. The third-order valence-electron chi connectivity index (χ3n) is 16.2. The Morgan fingerprint density at radius 1 is 0.330 bits per heavy atom. The maximum absolute atomic E-state index is 13.0. The monoisotopic (exact) mass is 1300 g/mol. The number of phosphoric acid groups is 2. The highest BCUT2D eigenvalue weighted by atomic mass is 31.2. The van der Waals surface area contributed by atoms with E-state index in [1.165, 1.54) is 141 Å². The van der Waals surface area contributed by atoms with E-state index in [-0.39, 0.29) is 25.7 Å². The Labute approximate surface area is 537 Å². The van der Waals surface area contributed by atoms with Crippen LogP contribution >= 0.6 is 15.6 Å². The van der Waals surface area contributed by atoms with Crippen LogP contribution in [0.4, 0.5) is 0 Å². The van der Waals surface area contributed by atoms with E-state index in [4.69, 9.17) is 37.0 Å². The number of rotatable bonds is 67. The molecular weight excluding hydrogens is 1160 g/mol. The summed E-state index contributed by atoms with van der Waals surface area (Å²) in [6.07, 6.45) is 43.1. The van der Waals surface area contributed by atoms with Gasteiger partial charge in [-0.2, -0.15) is 0 Å². The number of ether oxygens (including phenoxy) is 4. The average molecular weight is 1300 g/mol. The van der Waals surface area contributed by atoms with Gasteiger partial charge in [-0.3, -0.25) is 37.3 Å². The van der Waals surface area contributed by atoms with Gasteiger partial charge in [-0.15, -0.1) is 0 Å². The summed E-state index contributed by atoms with van der Waals surface area (Å²) >= 11 is 0. The lowest BCUT2D eigenvalue weighted by Crippen LogP contribution is -2.30. The largest absolute Gasteiger partial charge is 0.472 e. The molecular formula is C69H134O17P2. The predicted octanol–water partition coefficient (Wildman–Crippen LogP) is 19.5. The number of carbonyl (C=O) groups excluding carboxylic acids is 4. The van der Waals surface area contributed by atoms with Gasteiger partial charge in [-0.1, -0.05) is 292 Å². The van der Waals surface area contributed by atoms with Crippen LogP contribution in [0.2, 0.25) is 0 Å². The highest BCUT2D eigenvalue weighted by molar-refractivity contribution is 7.47. The fourth-order valence-electron chi connectivity index (χ4n) is 10.3. The van der Waals surface area contributed by atoms with Crippen LogP contribution in [0.5, 0.6) is 0 Å². The van der Waals surface area contributed by atoms with Crippen molar-refractivity contribution in [3.63, 3.8) is 0 Å². The SMILES string of the molecule is CCCCCCCCCC(=O)OC[C@H](COP(=O)(O)OC[C@H](O)COP(=O)(O)OC[C@@H](COC(=O)CCCCCCCCCCCC(C)C)OC(=O)CCCCCCCCCCCCCCCCC(C)C)OC(=O)CCCCCCCCCCC(C)CC. The highest BCUT2D eigenvalue weighted by Gasteiger charge is 2.30. The number of carbonyl (C=O) groups is 4. The molecule has 3 N–H and O–H groups in total. The molecule has 0 aromatic rings. The van der Waals surface area contributed by atoms with Crippen LogP contribution in [-0.4, -0.2) is 96.7 Å². The van der Waals surface area contributed by atoms with Crippen molar-refractivity contribution in [2.24, 2.45) is 17.8 Å². The number of hydrogen-bond donors (Lipinski definition) is 3. The van der Waals surface area contributed by atoms with Crippen LogP contribution in [0.25, 0.3) is 0 Å². The van der Waals surface area contributed by atoms with Gasteiger partial charge in [0, 0.05) is 25.7 Å². The lowest BCUT2D eigenvalue weighted by atomic mass is 9.99. The summed E-state index contributed by atoms with van der Waals surface area (Å²) in [5.74, 6) is 0.176. The average Bonchev–Trinajstić information content (AvgIpc) is 3.65. The van der Waals surface area contributed by atoms with Gasteiger partial charge >= 0.3 is 39.5 Å². The molecule has 0 aliphatic carbocycles. The second-order valence-corrected chi connectivity index (χ2v) is 29.0. The normalized spacial score (nSPS) is 14.5. The number of unbranched alkanes of at least 4 members (excludes halogenated alkanes) is 34. The van der Waals surface area contributed by atoms with Crippen molar-refractivity contribution in [2.45, 2.75) is 362 Å². The Bertz CT molecular complexity index is 1730. The van der Waals surface area contributed by atoms with Gasteiger partial charge in [0.05, 0.1) is 26.4 Å².